The Morgan fingerprint density at radius 2 is 2.00 bits per heavy atom. The predicted molar refractivity (Wildman–Crippen MR) is 66.9 cm³/mol. The lowest BCUT2D eigenvalue weighted by Gasteiger charge is -2.28. The summed E-state index contributed by atoms with van der Waals surface area (Å²) in [5, 5.41) is 12.8. The predicted octanol–water partition coefficient (Wildman–Crippen LogP) is 2.72. The second-order valence-corrected chi connectivity index (χ2v) is 4.42. The molecule has 5 heteroatoms. The molecule has 1 heterocycles. The summed E-state index contributed by atoms with van der Waals surface area (Å²) in [7, 11) is 0. The Balaban J connectivity index is 2.08. The van der Waals surface area contributed by atoms with Crippen LogP contribution >= 0.6 is 0 Å². The molecule has 0 atom stereocenters. The van der Waals surface area contributed by atoms with Crippen LogP contribution in [0.2, 0.25) is 0 Å². The lowest BCUT2D eigenvalue weighted by Crippen LogP contribution is -2.35. The molecule has 0 saturated carbocycles. The Hall–Kier alpha value is -1.62. The van der Waals surface area contributed by atoms with E-state index in [1.165, 1.54) is 19.3 Å². The zero-order chi connectivity index (χ0) is 12.3. The quantitative estimate of drug-likeness (QED) is 0.646. The number of piperidine rings is 1. The number of hydrazine groups is 1. The van der Waals surface area contributed by atoms with Gasteiger partial charge in [-0.2, -0.15) is 0 Å². The molecule has 5 nitrogen and oxygen atoms in total. The summed E-state index contributed by atoms with van der Waals surface area (Å²) in [5.41, 5.74) is 5.33. The van der Waals surface area contributed by atoms with Crippen molar-refractivity contribution in [3.05, 3.63) is 33.9 Å². The first kappa shape index (κ1) is 11.9. The maximum absolute atomic E-state index is 10.6. The van der Waals surface area contributed by atoms with Crippen LogP contribution in [0.15, 0.2) is 18.2 Å². The second kappa shape index (κ2) is 5.14. The molecule has 0 aromatic heterocycles. The molecule has 92 valence electrons. The van der Waals surface area contributed by atoms with E-state index in [4.69, 9.17) is 0 Å². The van der Waals surface area contributed by atoms with Crippen molar-refractivity contribution in [2.45, 2.75) is 26.2 Å². The van der Waals surface area contributed by atoms with E-state index < -0.39 is 0 Å². The third-order valence-electron chi connectivity index (χ3n) is 3.06. The number of nitro benzene ring substituents is 1. The number of anilines is 1. The van der Waals surface area contributed by atoms with Gasteiger partial charge in [0, 0.05) is 25.2 Å². The van der Waals surface area contributed by atoms with Gasteiger partial charge in [-0.3, -0.25) is 10.1 Å². The molecule has 1 aliphatic rings. The molecule has 1 aromatic rings. The van der Waals surface area contributed by atoms with Crippen LogP contribution in [0.25, 0.3) is 0 Å². The number of hydrogen-bond donors (Lipinski definition) is 1. The summed E-state index contributed by atoms with van der Waals surface area (Å²) < 4.78 is 0. The van der Waals surface area contributed by atoms with Gasteiger partial charge in [-0.25, -0.2) is 5.01 Å². The number of rotatable bonds is 3. The first-order valence-corrected chi connectivity index (χ1v) is 5.93. The molecule has 1 fully saturated rings. The summed E-state index contributed by atoms with van der Waals surface area (Å²) >= 11 is 0. The summed E-state index contributed by atoms with van der Waals surface area (Å²) in [6.45, 7) is 3.96. The Labute approximate surface area is 101 Å². The highest BCUT2D eigenvalue weighted by molar-refractivity contribution is 5.54. The van der Waals surface area contributed by atoms with Crippen LogP contribution in [0.4, 0.5) is 11.4 Å². The fraction of sp³-hybridized carbons (Fsp3) is 0.500. The smallest absolute Gasteiger partial charge is 0.269 e. The van der Waals surface area contributed by atoms with Gasteiger partial charge < -0.3 is 5.43 Å². The van der Waals surface area contributed by atoms with Crippen LogP contribution in [0.3, 0.4) is 0 Å². The summed E-state index contributed by atoms with van der Waals surface area (Å²) in [6, 6.07) is 4.92. The third kappa shape index (κ3) is 2.94. The average Bonchev–Trinajstić information content (AvgIpc) is 2.33. The molecule has 0 spiro atoms. The average molecular weight is 235 g/mol. The van der Waals surface area contributed by atoms with E-state index in [1.807, 2.05) is 6.92 Å². The molecule has 1 saturated heterocycles. The number of non-ortho nitro benzene ring substituents is 1. The SMILES string of the molecule is Cc1cc([N+](=O)[O-])ccc1NN1CCCCC1. The number of nitrogens with zero attached hydrogens (tertiary/aromatic N) is 2. The van der Waals surface area contributed by atoms with Crippen molar-refractivity contribution >= 4 is 11.4 Å². The lowest BCUT2D eigenvalue weighted by molar-refractivity contribution is -0.384. The Morgan fingerprint density at radius 1 is 1.29 bits per heavy atom. The van der Waals surface area contributed by atoms with E-state index >= 15 is 0 Å². The van der Waals surface area contributed by atoms with Crippen molar-refractivity contribution in [2.75, 3.05) is 18.5 Å². The van der Waals surface area contributed by atoms with Gasteiger partial charge in [0.25, 0.3) is 5.69 Å². The van der Waals surface area contributed by atoms with Crippen molar-refractivity contribution in [1.82, 2.24) is 5.01 Å². The van der Waals surface area contributed by atoms with Crippen molar-refractivity contribution in [2.24, 2.45) is 0 Å². The van der Waals surface area contributed by atoms with Crippen molar-refractivity contribution < 1.29 is 4.92 Å². The minimum Gasteiger partial charge on any atom is -0.319 e. The minimum absolute atomic E-state index is 0.145. The van der Waals surface area contributed by atoms with Crippen molar-refractivity contribution in [3.8, 4) is 0 Å². The van der Waals surface area contributed by atoms with Gasteiger partial charge in [0.15, 0.2) is 0 Å². The number of nitrogens with one attached hydrogen (secondary N) is 1. The largest absolute Gasteiger partial charge is 0.319 e. The molecular formula is C12H17N3O2. The molecule has 0 bridgehead atoms. The van der Waals surface area contributed by atoms with Gasteiger partial charge in [0.05, 0.1) is 10.6 Å². The van der Waals surface area contributed by atoms with Crippen LogP contribution in [0.5, 0.6) is 0 Å². The standard InChI is InChI=1S/C12H17N3O2/c1-10-9-11(15(16)17)5-6-12(10)13-14-7-3-2-4-8-14/h5-6,9,13H,2-4,7-8H2,1H3. The minimum atomic E-state index is -0.363. The number of aryl methyl sites for hydroxylation is 1. The first-order valence-electron chi connectivity index (χ1n) is 5.93. The van der Waals surface area contributed by atoms with E-state index in [2.05, 4.69) is 10.4 Å². The zero-order valence-electron chi connectivity index (χ0n) is 9.98. The molecule has 1 aromatic carbocycles. The highest BCUT2D eigenvalue weighted by Gasteiger charge is 2.12. The van der Waals surface area contributed by atoms with Gasteiger partial charge >= 0.3 is 0 Å². The first-order chi connectivity index (χ1) is 8.16. The van der Waals surface area contributed by atoms with Gasteiger partial charge in [-0.1, -0.05) is 6.42 Å². The highest BCUT2D eigenvalue weighted by atomic mass is 16.6. The van der Waals surface area contributed by atoms with Crippen LogP contribution in [0.1, 0.15) is 24.8 Å². The van der Waals surface area contributed by atoms with Crippen molar-refractivity contribution in [3.63, 3.8) is 0 Å². The van der Waals surface area contributed by atoms with Gasteiger partial charge in [-0.05, 0) is 31.4 Å². The fourth-order valence-corrected chi connectivity index (χ4v) is 2.06. The van der Waals surface area contributed by atoms with Crippen LogP contribution in [-0.2, 0) is 0 Å². The topological polar surface area (TPSA) is 58.4 Å². The number of hydrogen-bond acceptors (Lipinski definition) is 4. The maximum Gasteiger partial charge on any atom is 0.269 e. The molecule has 0 unspecified atom stereocenters. The van der Waals surface area contributed by atoms with E-state index in [0.29, 0.717) is 0 Å². The molecule has 0 amide bonds. The summed E-state index contributed by atoms with van der Waals surface area (Å²) in [6.07, 6.45) is 3.70. The van der Waals surface area contributed by atoms with Crippen LogP contribution in [0, 0.1) is 17.0 Å². The molecule has 2 rings (SSSR count). The van der Waals surface area contributed by atoms with Crippen molar-refractivity contribution in [1.29, 1.82) is 0 Å². The summed E-state index contributed by atoms with van der Waals surface area (Å²) in [5.74, 6) is 0. The van der Waals surface area contributed by atoms with E-state index in [9.17, 15) is 10.1 Å². The van der Waals surface area contributed by atoms with Crippen LogP contribution < -0.4 is 5.43 Å². The fourth-order valence-electron chi connectivity index (χ4n) is 2.06. The lowest BCUT2D eigenvalue weighted by atomic mass is 10.1. The molecule has 0 radical (unpaired) electrons. The normalized spacial score (nSPS) is 16.8. The molecule has 0 aliphatic carbocycles. The van der Waals surface area contributed by atoms with Gasteiger partial charge in [0.2, 0.25) is 0 Å². The number of nitro groups is 1. The van der Waals surface area contributed by atoms with E-state index in [-0.39, 0.29) is 10.6 Å². The monoisotopic (exact) mass is 235 g/mol. The van der Waals surface area contributed by atoms with E-state index in [1.54, 1.807) is 18.2 Å². The Bertz CT molecular complexity index is 414. The van der Waals surface area contributed by atoms with Gasteiger partial charge in [0.1, 0.15) is 0 Å². The molecule has 1 N–H and O–H groups in total. The van der Waals surface area contributed by atoms with Crippen LogP contribution in [-0.4, -0.2) is 23.0 Å². The van der Waals surface area contributed by atoms with E-state index in [0.717, 1.165) is 24.3 Å². The number of benzene rings is 1. The zero-order valence-corrected chi connectivity index (χ0v) is 9.98. The molecule has 17 heavy (non-hydrogen) atoms. The van der Waals surface area contributed by atoms with Gasteiger partial charge in [-0.15, -0.1) is 0 Å². The maximum atomic E-state index is 10.6. The highest BCUT2D eigenvalue weighted by Crippen LogP contribution is 2.22. The summed E-state index contributed by atoms with van der Waals surface area (Å²) in [4.78, 5) is 10.3. The molecular weight excluding hydrogens is 218 g/mol. The third-order valence-corrected chi connectivity index (χ3v) is 3.06. The Morgan fingerprint density at radius 3 is 2.59 bits per heavy atom. The second-order valence-electron chi connectivity index (χ2n) is 4.42. The Kier molecular flexibility index (Phi) is 3.58. The molecule has 1 aliphatic heterocycles.